The fourth-order valence-electron chi connectivity index (χ4n) is 1.44. The van der Waals surface area contributed by atoms with Crippen LogP contribution in [0, 0.1) is 4.91 Å². The van der Waals surface area contributed by atoms with Gasteiger partial charge in [0.2, 0.25) is 0 Å². The number of benzene rings is 1. The SMILES string of the molecule is O=NCc1ccc(Cl)cc1CC1CO1. The van der Waals surface area contributed by atoms with Crippen LogP contribution in [-0.2, 0) is 17.7 Å². The summed E-state index contributed by atoms with van der Waals surface area (Å²) in [5.41, 5.74) is 2.01. The Kier molecular flexibility index (Phi) is 2.79. The molecule has 2 rings (SSSR count). The van der Waals surface area contributed by atoms with Crippen molar-refractivity contribution in [3.63, 3.8) is 0 Å². The summed E-state index contributed by atoms with van der Waals surface area (Å²) in [7, 11) is 0. The summed E-state index contributed by atoms with van der Waals surface area (Å²) in [5, 5.41) is 3.58. The number of halogens is 1. The molecule has 3 nitrogen and oxygen atoms in total. The van der Waals surface area contributed by atoms with E-state index in [1.54, 1.807) is 6.07 Å². The van der Waals surface area contributed by atoms with E-state index in [1.807, 2.05) is 12.1 Å². The van der Waals surface area contributed by atoms with Gasteiger partial charge in [-0.25, -0.2) is 0 Å². The van der Waals surface area contributed by atoms with Crippen molar-refractivity contribution in [3.05, 3.63) is 39.3 Å². The molecule has 4 heteroatoms. The van der Waals surface area contributed by atoms with Crippen LogP contribution in [0.25, 0.3) is 0 Å². The highest BCUT2D eigenvalue weighted by molar-refractivity contribution is 6.30. The molecule has 0 aliphatic carbocycles. The van der Waals surface area contributed by atoms with Crippen LogP contribution < -0.4 is 0 Å². The molecule has 1 heterocycles. The Bertz CT molecular complexity index is 350. The maximum absolute atomic E-state index is 10.2. The van der Waals surface area contributed by atoms with Crippen molar-refractivity contribution in [2.24, 2.45) is 5.18 Å². The lowest BCUT2D eigenvalue weighted by atomic mass is 10.0. The number of ether oxygens (including phenoxy) is 1. The third-order valence-corrected chi connectivity index (χ3v) is 2.49. The normalized spacial score (nSPS) is 19.4. The average Bonchev–Trinajstić information content (AvgIpc) is 2.94. The molecule has 1 fully saturated rings. The molecule has 1 saturated heterocycles. The van der Waals surface area contributed by atoms with Crippen LogP contribution in [0.3, 0.4) is 0 Å². The Hall–Kier alpha value is -0.930. The van der Waals surface area contributed by atoms with Gasteiger partial charge >= 0.3 is 0 Å². The van der Waals surface area contributed by atoms with Crippen LogP contribution in [0.1, 0.15) is 11.1 Å². The average molecular weight is 212 g/mol. The molecule has 0 saturated carbocycles. The quantitative estimate of drug-likeness (QED) is 0.567. The number of nitrogens with zero attached hydrogens (tertiary/aromatic N) is 1. The van der Waals surface area contributed by atoms with Gasteiger partial charge in [-0.3, -0.25) is 0 Å². The second kappa shape index (κ2) is 4.07. The molecule has 1 aliphatic heterocycles. The number of nitroso groups, excluding NO2 is 1. The largest absolute Gasteiger partial charge is 0.373 e. The third-order valence-electron chi connectivity index (χ3n) is 2.25. The second-order valence-electron chi connectivity index (χ2n) is 3.36. The van der Waals surface area contributed by atoms with E-state index in [2.05, 4.69) is 5.18 Å². The summed E-state index contributed by atoms with van der Waals surface area (Å²) in [4.78, 5) is 10.2. The molecule has 0 amide bonds. The molecule has 14 heavy (non-hydrogen) atoms. The maximum Gasteiger partial charge on any atom is 0.106 e. The number of hydrogen-bond donors (Lipinski definition) is 0. The lowest BCUT2D eigenvalue weighted by molar-refractivity contribution is 0.407. The summed E-state index contributed by atoms with van der Waals surface area (Å²) in [5.74, 6) is 0. The summed E-state index contributed by atoms with van der Waals surface area (Å²) in [6.45, 7) is 1.01. The Labute approximate surface area is 87.0 Å². The minimum atomic E-state index is 0.208. The molecule has 0 bridgehead atoms. The van der Waals surface area contributed by atoms with Crippen molar-refractivity contribution in [1.29, 1.82) is 0 Å². The summed E-state index contributed by atoms with van der Waals surface area (Å²) in [6, 6.07) is 5.50. The predicted octanol–water partition coefficient (Wildman–Crippen LogP) is 2.55. The van der Waals surface area contributed by atoms with E-state index in [1.165, 1.54) is 0 Å². The van der Waals surface area contributed by atoms with Gasteiger partial charge in [-0.15, -0.1) is 0 Å². The first-order valence-electron chi connectivity index (χ1n) is 4.47. The summed E-state index contributed by atoms with van der Waals surface area (Å²) < 4.78 is 5.13. The standard InChI is InChI=1S/C10H10ClNO2/c11-9-2-1-7(5-12-13)8(3-9)4-10-6-14-10/h1-3,10H,4-6H2. The van der Waals surface area contributed by atoms with Crippen molar-refractivity contribution in [2.45, 2.75) is 19.1 Å². The molecular formula is C10H10ClNO2. The lowest BCUT2D eigenvalue weighted by Crippen LogP contribution is -1.98. The monoisotopic (exact) mass is 211 g/mol. The third kappa shape index (κ3) is 2.30. The zero-order valence-corrected chi connectivity index (χ0v) is 8.33. The zero-order valence-electron chi connectivity index (χ0n) is 7.57. The Balaban J connectivity index is 2.21. The molecule has 1 aliphatic rings. The molecule has 1 unspecified atom stereocenters. The van der Waals surface area contributed by atoms with Crippen molar-refractivity contribution in [1.82, 2.24) is 0 Å². The van der Waals surface area contributed by atoms with Crippen LogP contribution in [0.5, 0.6) is 0 Å². The molecule has 0 aromatic heterocycles. The van der Waals surface area contributed by atoms with Crippen LogP contribution in [0.4, 0.5) is 0 Å². The van der Waals surface area contributed by atoms with Crippen LogP contribution in [0.2, 0.25) is 5.02 Å². The zero-order chi connectivity index (χ0) is 9.97. The molecule has 0 radical (unpaired) electrons. The van der Waals surface area contributed by atoms with Crippen LogP contribution >= 0.6 is 11.6 Å². The fourth-order valence-corrected chi connectivity index (χ4v) is 1.63. The van der Waals surface area contributed by atoms with Gasteiger partial charge in [0.1, 0.15) is 6.54 Å². The lowest BCUT2D eigenvalue weighted by Gasteiger charge is -2.05. The Morgan fingerprint density at radius 2 is 2.29 bits per heavy atom. The van der Waals surface area contributed by atoms with Crippen molar-refractivity contribution in [3.8, 4) is 0 Å². The highest BCUT2D eigenvalue weighted by atomic mass is 35.5. The highest BCUT2D eigenvalue weighted by Crippen LogP contribution is 2.22. The van der Waals surface area contributed by atoms with Crippen LogP contribution in [-0.4, -0.2) is 12.7 Å². The van der Waals surface area contributed by atoms with Gasteiger partial charge < -0.3 is 4.74 Å². The van der Waals surface area contributed by atoms with Gasteiger partial charge in [0.15, 0.2) is 0 Å². The first-order valence-corrected chi connectivity index (χ1v) is 4.85. The first-order chi connectivity index (χ1) is 6.79. The van der Waals surface area contributed by atoms with E-state index in [4.69, 9.17) is 16.3 Å². The van der Waals surface area contributed by atoms with Gasteiger partial charge in [-0.05, 0) is 23.3 Å². The molecule has 1 aromatic carbocycles. The van der Waals surface area contributed by atoms with E-state index in [-0.39, 0.29) is 6.54 Å². The highest BCUT2D eigenvalue weighted by Gasteiger charge is 2.23. The summed E-state index contributed by atoms with van der Waals surface area (Å²) >= 11 is 5.87. The first kappa shape index (κ1) is 9.62. The smallest absolute Gasteiger partial charge is 0.106 e. The number of rotatable bonds is 4. The Morgan fingerprint density at radius 1 is 1.50 bits per heavy atom. The molecule has 0 spiro atoms. The van der Waals surface area contributed by atoms with Crippen molar-refractivity contribution < 1.29 is 4.74 Å². The van der Waals surface area contributed by atoms with E-state index in [0.29, 0.717) is 11.1 Å². The second-order valence-corrected chi connectivity index (χ2v) is 3.80. The Morgan fingerprint density at radius 3 is 2.93 bits per heavy atom. The van der Waals surface area contributed by atoms with E-state index in [0.717, 1.165) is 24.2 Å². The van der Waals surface area contributed by atoms with Gasteiger partial charge in [0, 0.05) is 11.4 Å². The van der Waals surface area contributed by atoms with E-state index >= 15 is 0 Å². The molecule has 1 atom stereocenters. The molecule has 0 N–H and O–H groups in total. The minimum Gasteiger partial charge on any atom is -0.373 e. The summed E-state index contributed by atoms with van der Waals surface area (Å²) in [6.07, 6.45) is 1.13. The number of epoxide rings is 1. The van der Waals surface area contributed by atoms with Crippen molar-refractivity contribution >= 4 is 11.6 Å². The molecular weight excluding hydrogens is 202 g/mol. The topological polar surface area (TPSA) is 42.0 Å². The van der Waals surface area contributed by atoms with E-state index in [9.17, 15) is 4.91 Å². The number of hydrogen-bond acceptors (Lipinski definition) is 3. The fraction of sp³-hybridized carbons (Fsp3) is 0.400. The van der Waals surface area contributed by atoms with Gasteiger partial charge in [0.05, 0.1) is 12.7 Å². The molecule has 74 valence electrons. The van der Waals surface area contributed by atoms with Crippen LogP contribution in [0.15, 0.2) is 23.4 Å². The maximum atomic E-state index is 10.2. The van der Waals surface area contributed by atoms with Gasteiger partial charge in [-0.1, -0.05) is 22.8 Å². The van der Waals surface area contributed by atoms with E-state index < -0.39 is 0 Å². The predicted molar refractivity (Wildman–Crippen MR) is 54.4 cm³/mol. The van der Waals surface area contributed by atoms with Crippen molar-refractivity contribution in [2.75, 3.05) is 6.61 Å². The minimum absolute atomic E-state index is 0.208. The molecule has 1 aromatic rings. The van der Waals surface area contributed by atoms with Gasteiger partial charge in [-0.2, -0.15) is 4.91 Å². The van der Waals surface area contributed by atoms with Gasteiger partial charge in [0.25, 0.3) is 0 Å².